The van der Waals surface area contributed by atoms with Crippen LogP contribution < -0.4 is 5.32 Å². The normalized spacial score (nSPS) is 19.9. The molecule has 0 atom stereocenters. The lowest BCUT2D eigenvalue weighted by Crippen LogP contribution is -2.39. The zero-order valence-electron chi connectivity index (χ0n) is 13.3. The summed E-state index contributed by atoms with van der Waals surface area (Å²) in [6, 6.07) is 6.41. The SMILES string of the molecule is Cc1ccc(-c2cc(NC(=O)C3CCN(C4CC4)CC3)n[nH]2)o1. The van der Waals surface area contributed by atoms with Gasteiger partial charge in [0.25, 0.3) is 0 Å². The van der Waals surface area contributed by atoms with Gasteiger partial charge in [0.05, 0.1) is 0 Å². The number of nitrogens with zero attached hydrogens (tertiary/aromatic N) is 2. The highest BCUT2D eigenvalue weighted by atomic mass is 16.3. The molecule has 4 rings (SSSR count). The van der Waals surface area contributed by atoms with Crippen LogP contribution in [-0.2, 0) is 4.79 Å². The number of anilines is 1. The van der Waals surface area contributed by atoms with E-state index in [-0.39, 0.29) is 11.8 Å². The fourth-order valence-electron chi connectivity index (χ4n) is 3.29. The maximum absolute atomic E-state index is 12.4. The Kier molecular flexibility index (Phi) is 3.69. The lowest BCUT2D eigenvalue weighted by Gasteiger charge is -2.31. The lowest BCUT2D eigenvalue weighted by molar-refractivity contribution is -0.121. The third-order valence-electron chi connectivity index (χ3n) is 4.80. The number of aromatic nitrogens is 2. The number of hydrogen-bond acceptors (Lipinski definition) is 4. The van der Waals surface area contributed by atoms with Gasteiger partial charge in [-0.3, -0.25) is 9.89 Å². The molecular weight excluding hydrogens is 292 g/mol. The Hall–Kier alpha value is -2.08. The standard InChI is InChI=1S/C17H22N4O2/c1-11-2-5-15(23-11)14-10-16(20-19-14)18-17(22)12-6-8-21(9-7-12)13-3-4-13/h2,5,10,12-13H,3-4,6-9H2,1H3,(H2,18,19,20,22). The largest absolute Gasteiger partial charge is 0.460 e. The molecular formula is C17H22N4O2. The number of piperidine rings is 1. The van der Waals surface area contributed by atoms with Crippen molar-refractivity contribution in [2.75, 3.05) is 18.4 Å². The molecule has 0 bridgehead atoms. The molecule has 2 aromatic rings. The van der Waals surface area contributed by atoms with E-state index in [1.54, 1.807) is 0 Å². The number of aromatic amines is 1. The zero-order valence-corrected chi connectivity index (χ0v) is 13.3. The van der Waals surface area contributed by atoms with Crippen molar-refractivity contribution in [2.45, 2.75) is 38.6 Å². The van der Waals surface area contributed by atoms with Crippen molar-refractivity contribution in [3.8, 4) is 11.5 Å². The van der Waals surface area contributed by atoms with Crippen molar-refractivity contribution in [1.82, 2.24) is 15.1 Å². The number of carbonyl (C=O) groups excluding carboxylic acids is 1. The van der Waals surface area contributed by atoms with Gasteiger partial charge in [0.1, 0.15) is 11.5 Å². The smallest absolute Gasteiger partial charge is 0.228 e. The summed E-state index contributed by atoms with van der Waals surface area (Å²) in [6.45, 7) is 3.98. The monoisotopic (exact) mass is 314 g/mol. The van der Waals surface area contributed by atoms with Gasteiger partial charge >= 0.3 is 0 Å². The highest BCUT2D eigenvalue weighted by molar-refractivity contribution is 5.92. The molecule has 2 fully saturated rings. The number of amides is 1. The second-order valence-electron chi connectivity index (χ2n) is 6.61. The number of likely N-dealkylation sites (tertiary alicyclic amines) is 1. The molecule has 1 amide bonds. The first kappa shape index (κ1) is 14.5. The van der Waals surface area contributed by atoms with Gasteiger partial charge in [0.2, 0.25) is 5.91 Å². The van der Waals surface area contributed by atoms with E-state index in [0.717, 1.165) is 49.2 Å². The number of hydrogen-bond donors (Lipinski definition) is 2. The maximum Gasteiger partial charge on any atom is 0.228 e. The van der Waals surface area contributed by atoms with Gasteiger partial charge in [-0.05, 0) is 57.8 Å². The van der Waals surface area contributed by atoms with E-state index in [2.05, 4.69) is 20.4 Å². The van der Waals surface area contributed by atoms with Crippen LogP contribution in [0.5, 0.6) is 0 Å². The second-order valence-corrected chi connectivity index (χ2v) is 6.61. The van der Waals surface area contributed by atoms with E-state index < -0.39 is 0 Å². The summed E-state index contributed by atoms with van der Waals surface area (Å²) in [4.78, 5) is 14.9. The number of aryl methyl sites for hydroxylation is 1. The van der Waals surface area contributed by atoms with E-state index in [1.165, 1.54) is 12.8 Å². The van der Waals surface area contributed by atoms with Gasteiger partial charge < -0.3 is 14.6 Å². The van der Waals surface area contributed by atoms with Crippen molar-refractivity contribution in [3.05, 3.63) is 24.0 Å². The third kappa shape index (κ3) is 3.17. The van der Waals surface area contributed by atoms with Crippen molar-refractivity contribution in [3.63, 3.8) is 0 Å². The Morgan fingerprint density at radius 1 is 1.30 bits per heavy atom. The Bertz CT molecular complexity index is 693. The number of rotatable bonds is 4. The highest BCUT2D eigenvalue weighted by Gasteiger charge is 2.33. The van der Waals surface area contributed by atoms with Crippen molar-refractivity contribution in [2.24, 2.45) is 5.92 Å². The average molecular weight is 314 g/mol. The number of furan rings is 1. The van der Waals surface area contributed by atoms with E-state index in [1.807, 2.05) is 25.1 Å². The number of carbonyl (C=O) groups is 1. The van der Waals surface area contributed by atoms with Crippen molar-refractivity contribution < 1.29 is 9.21 Å². The number of nitrogens with one attached hydrogen (secondary N) is 2. The summed E-state index contributed by atoms with van der Waals surface area (Å²) in [5.74, 6) is 2.31. The van der Waals surface area contributed by atoms with Gasteiger partial charge in [-0.15, -0.1) is 0 Å². The molecule has 0 radical (unpaired) electrons. The molecule has 0 aromatic carbocycles. The van der Waals surface area contributed by atoms with E-state index in [4.69, 9.17) is 4.42 Å². The molecule has 6 nitrogen and oxygen atoms in total. The molecule has 3 heterocycles. The van der Waals surface area contributed by atoms with Crippen LogP contribution in [0.3, 0.4) is 0 Å². The molecule has 2 aliphatic rings. The Labute approximate surface area is 135 Å². The fraction of sp³-hybridized carbons (Fsp3) is 0.529. The second kappa shape index (κ2) is 5.85. The first-order valence-corrected chi connectivity index (χ1v) is 8.36. The topological polar surface area (TPSA) is 74.2 Å². The summed E-state index contributed by atoms with van der Waals surface area (Å²) in [7, 11) is 0. The summed E-state index contributed by atoms with van der Waals surface area (Å²) in [5, 5.41) is 10.00. The molecule has 1 aliphatic heterocycles. The summed E-state index contributed by atoms with van der Waals surface area (Å²) < 4.78 is 5.55. The van der Waals surface area contributed by atoms with Crippen LogP contribution in [0.4, 0.5) is 5.82 Å². The van der Waals surface area contributed by atoms with Crippen LogP contribution in [0.15, 0.2) is 22.6 Å². The van der Waals surface area contributed by atoms with Crippen molar-refractivity contribution >= 4 is 11.7 Å². The minimum Gasteiger partial charge on any atom is -0.460 e. The van der Waals surface area contributed by atoms with E-state index in [0.29, 0.717) is 5.82 Å². The zero-order chi connectivity index (χ0) is 15.8. The van der Waals surface area contributed by atoms with E-state index in [9.17, 15) is 4.79 Å². The first-order chi connectivity index (χ1) is 11.2. The van der Waals surface area contributed by atoms with Crippen LogP contribution >= 0.6 is 0 Å². The molecule has 122 valence electrons. The van der Waals surface area contributed by atoms with Gasteiger partial charge in [-0.2, -0.15) is 5.10 Å². The van der Waals surface area contributed by atoms with Crippen molar-refractivity contribution in [1.29, 1.82) is 0 Å². The molecule has 2 N–H and O–H groups in total. The highest BCUT2D eigenvalue weighted by Crippen LogP contribution is 2.31. The summed E-state index contributed by atoms with van der Waals surface area (Å²) >= 11 is 0. The van der Waals surface area contributed by atoms with Crippen LogP contribution in [0, 0.1) is 12.8 Å². The minimum absolute atomic E-state index is 0.0779. The lowest BCUT2D eigenvalue weighted by atomic mass is 9.96. The molecule has 0 unspecified atom stereocenters. The van der Waals surface area contributed by atoms with Gasteiger partial charge in [-0.1, -0.05) is 0 Å². The predicted molar refractivity (Wildman–Crippen MR) is 87.0 cm³/mol. The molecule has 1 aliphatic carbocycles. The minimum atomic E-state index is 0.0779. The Balaban J connectivity index is 1.34. The quantitative estimate of drug-likeness (QED) is 0.910. The van der Waals surface area contributed by atoms with Crippen LogP contribution in [0.1, 0.15) is 31.4 Å². The average Bonchev–Trinajstić information content (AvgIpc) is 3.16. The van der Waals surface area contributed by atoms with Gasteiger partial charge in [0, 0.05) is 18.0 Å². The number of H-pyrrole nitrogens is 1. The predicted octanol–water partition coefficient (Wildman–Crippen LogP) is 2.79. The summed E-state index contributed by atoms with van der Waals surface area (Å²) in [5.41, 5.74) is 0.775. The maximum atomic E-state index is 12.4. The molecule has 1 saturated heterocycles. The third-order valence-corrected chi connectivity index (χ3v) is 4.80. The molecule has 6 heteroatoms. The van der Waals surface area contributed by atoms with Gasteiger partial charge in [-0.25, -0.2) is 0 Å². The van der Waals surface area contributed by atoms with Gasteiger partial charge in [0.15, 0.2) is 11.6 Å². The summed E-state index contributed by atoms with van der Waals surface area (Å²) in [6.07, 6.45) is 4.55. The molecule has 2 aromatic heterocycles. The first-order valence-electron chi connectivity index (χ1n) is 8.36. The molecule has 23 heavy (non-hydrogen) atoms. The van der Waals surface area contributed by atoms with Crippen LogP contribution in [0.2, 0.25) is 0 Å². The van der Waals surface area contributed by atoms with Crippen LogP contribution in [0.25, 0.3) is 11.5 Å². The Morgan fingerprint density at radius 3 is 2.74 bits per heavy atom. The molecule has 1 saturated carbocycles. The van der Waals surface area contributed by atoms with E-state index >= 15 is 0 Å². The molecule has 0 spiro atoms. The van der Waals surface area contributed by atoms with Crippen LogP contribution in [-0.4, -0.2) is 40.1 Å². The Morgan fingerprint density at radius 2 is 2.09 bits per heavy atom. The fourth-order valence-corrected chi connectivity index (χ4v) is 3.29.